The van der Waals surface area contributed by atoms with Crippen molar-refractivity contribution in [3.05, 3.63) is 40.8 Å². The Hall–Kier alpha value is -2.65. The van der Waals surface area contributed by atoms with Crippen molar-refractivity contribution in [2.45, 2.75) is 18.2 Å². The summed E-state index contributed by atoms with van der Waals surface area (Å²) < 4.78 is 25.9. The SMILES string of the molecule is CCC(=O)[O-].CNS(=O)(=O)c1ccc2[nH]c(=O)c3[nH]ccc3c2c1. The third-order valence-corrected chi connectivity index (χ3v) is 4.78. The lowest BCUT2D eigenvalue weighted by Gasteiger charge is -2.05. The van der Waals surface area contributed by atoms with Gasteiger partial charge in [-0.25, -0.2) is 13.1 Å². The molecule has 0 radical (unpaired) electrons. The number of aromatic nitrogens is 2. The number of sulfonamides is 1. The molecule has 0 fully saturated rings. The third kappa shape index (κ3) is 3.47. The normalized spacial score (nSPS) is 11.2. The number of carbonyl (C=O) groups excluding carboxylic acids is 1. The number of fused-ring (bicyclic) bond motifs is 3. The molecule has 3 rings (SSSR count). The van der Waals surface area contributed by atoms with Crippen LogP contribution in [-0.4, -0.2) is 31.4 Å². The average Bonchev–Trinajstić information content (AvgIpc) is 3.05. The summed E-state index contributed by atoms with van der Waals surface area (Å²) in [6, 6.07) is 6.35. The Morgan fingerprint density at radius 2 is 1.92 bits per heavy atom. The molecule has 24 heavy (non-hydrogen) atoms. The fraction of sp³-hybridized carbons (Fsp3) is 0.200. The van der Waals surface area contributed by atoms with Gasteiger partial charge in [0, 0.05) is 28.5 Å². The van der Waals surface area contributed by atoms with Gasteiger partial charge in [0.05, 0.1) is 4.90 Å². The van der Waals surface area contributed by atoms with Crippen LogP contribution in [0, 0.1) is 0 Å². The van der Waals surface area contributed by atoms with Gasteiger partial charge < -0.3 is 19.9 Å². The van der Waals surface area contributed by atoms with E-state index in [0.29, 0.717) is 21.8 Å². The van der Waals surface area contributed by atoms with Crippen LogP contribution in [0.15, 0.2) is 40.2 Å². The van der Waals surface area contributed by atoms with Gasteiger partial charge >= 0.3 is 0 Å². The van der Waals surface area contributed by atoms with Gasteiger partial charge in [-0.3, -0.25) is 4.79 Å². The van der Waals surface area contributed by atoms with Crippen LogP contribution in [0.5, 0.6) is 0 Å². The second-order valence-electron chi connectivity index (χ2n) is 4.86. The summed E-state index contributed by atoms with van der Waals surface area (Å²) in [4.78, 5) is 26.8. The molecular weight excluding hydrogens is 334 g/mol. The zero-order valence-corrected chi connectivity index (χ0v) is 13.9. The first kappa shape index (κ1) is 17.7. The first-order valence-electron chi connectivity index (χ1n) is 7.06. The Bertz CT molecular complexity index is 1050. The highest BCUT2D eigenvalue weighted by atomic mass is 32.2. The minimum absolute atomic E-state index is 0.111. The number of pyridine rings is 1. The molecule has 2 heterocycles. The molecule has 0 aliphatic heterocycles. The van der Waals surface area contributed by atoms with Gasteiger partial charge in [-0.15, -0.1) is 0 Å². The number of H-pyrrole nitrogens is 2. The van der Waals surface area contributed by atoms with Crippen molar-refractivity contribution in [3.8, 4) is 0 Å². The Morgan fingerprint density at radius 1 is 1.25 bits per heavy atom. The number of benzene rings is 1. The van der Waals surface area contributed by atoms with Gasteiger partial charge in [0.1, 0.15) is 5.52 Å². The second kappa shape index (κ2) is 6.85. The lowest BCUT2D eigenvalue weighted by Crippen LogP contribution is -2.19. The van der Waals surface area contributed by atoms with E-state index >= 15 is 0 Å². The Morgan fingerprint density at radius 3 is 2.50 bits per heavy atom. The third-order valence-electron chi connectivity index (χ3n) is 3.37. The molecule has 9 heteroatoms. The predicted octanol–water partition coefficient (Wildman–Crippen LogP) is 0.0638. The van der Waals surface area contributed by atoms with Crippen molar-refractivity contribution in [2.24, 2.45) is 0 Å². The molecule has 0 amide bonds. The average molecular weight is 350 g/mol. The number of aliphatic carboxylic acids is 1. The van der Waals surface area contributed by atoms with Crippen LogP contribution < -0.4 is 15.4 Å². The number of nitrogens with one attached hydrogen (secondary N) is 3. The molecule has 3 N–H and O–H groups in total. The lowest BCUT2D eigenvalue weighted by molar-refractivity contribution is -0.305. The standard InChI is InChI=1S/C12H11N3O3S.C3H6O2/c1-13-19(17,18)7-2-3-10-9(6-7)8-4-5-14-11(8)12(16)15-10;1-2-3(4)5/h2-6,13-14H,1H3,(H,15,16);2H2,1H3,(H,4,5)/p-1. The van der Waals surface area contributed by atoms with Crippen LogP contribution in [0.25, 0.3) is 21.8 Å². The Balaban J connectivity index is 0.000000368. The molecule has 0 aliphatic carbocycles. The van der Waals surface area contributed by atoms with Crippen molar-refractivity contribution in [3.63, 3.8) is 0 Å². The Labute approximate surface area is 137 Å². The van der Waals surface area contributed by atoms with Gasteiger partial charge in [0.25, 0.3) is 5.56 Å². The summed E-state index contributed by atoms with van der Waals surface area (Å²) in [5.41, 5.74) is 0.815. The van der Waals surface area contributed by atoms with Crippen molar-refractivity contribution in [2.75, 3.05) is 7.05 Å². The maximum atomic E-state index is 11.8. The van der Waals surface area contributed by atoms with Crippen LogP contribution in [0.2, 0.25) is 0 Å². The van der Waals surface area contributed by atoms with Crippen molar-refractivity contribution in [1.82, 2.24) is 14.7 Å². The number of hydrogen-bond donors (Lipinski definition) is 3. The van der Waals surface area contributed by atoms with Crippen LogP contribution >= 0.6 is 0 Å². The summed E-state index contributed by atoms with van der Waals surface area (Å²) in [5, 5.41) is 10.6. The van der Waals surface area contributed by atoms with E-state index in [0.717, 1.165) is 0 Å². The first-order chi connectivity index (χ1) is 11.3. The molecule has 2 aromatic heterocycles. The summed E-state index contributed by atoms with van der Waals surface area (Å²) in [6.45, 7) is 1.54. The number of carboxylic acids is 1. The maximum Gasteiger partial charge on any atom is 0.272 e. The fourth-order valence-corrected chi connectivity index (χ4v) is 2.86. The van der Waals surface area contributed by atoms with Gasteiger partial charge in [-0.2, -0.15) is 0 Å². The fourth-order valence-electron chi connectivity index (χ4n) is 2.11. The largest absolute Gasteiger partial charge is 0.550 e. The van der Waals surface area contributed by atoms with E-state index in [1.165, 1.54) is 20.0 Å². The highest BCUT2D eigenvalue weighted by Crippen LogP contribution is 2.23. The maximum absolute atomic E-state index is 11.8. The van der Waals surface area contributed by atoms with Crippen molar-refractivity contribution < 1.29 is 18.3 Å². The smallest absolute Gasteiger partial charge is 0.272 e. The lowest BCUT2D eigenvalue weighted by atomic mass is 10.1. The zero-order valence-electron chi connectivity index (χ0n) is 13.0. The van der Waals surface area contributed by atoms with Crippen molar-refractivity contribution >= 4 is 37.8 Å². The van der Waals surface area contributed by atoms with Gasteiger partial charge in [0.2, 0.25) is 10.0 Å². The summed E-state index contributed by atoms with van der Waals surface area (Å²) in [7, 11) is -2.14. The molecule has 0 bridgehead atoms. The van der Waals surface area contributed by atoms with E-state index in [1.807, 2.05) is 0 Å². The second-order valence-corrected chi connectivity index (χ2v) is 6.75. The van der Waals surface area contributed by atoms with E-state index in [4.69, 9.17) is 0 Å². The van der Waals surface area contributed by atoms with E-state index < -0.39 is 16.0 Å². The molecular formula is C15H16N3O5S-. The van der Waals surface area contributed by atoms with E-state index in [9.17, 15) is 23.1 Å². The molecule has 8 nitrogen and oxygen atoms in total. The topological polar surface area (TPSA) is 135 Å². The highest BCUT2D eigenvalue weighted by molar-refractivity contribution is 7.89. The Kier molecular flexibility index (Phi) is 5.05. The number of carboxylic acid groups (broad SMARTS) is 1. The summed E-state index contributed by atoms with van der Waals surface area (Å²) in [5.74, 6) is -0.995. The van der Waals surface area contributed by atoms with E-state index in [2.05, 4.69) is 14.7 Å². The predicted molar refractivity (Wildman–Crippen MR) is 88.0 cm³/mol. The number of carbonyl (C=O) groups is 1. The number of rotatable bonds is 3. The molecule has 0 unspecified atom stereocenters. The van der Waals surface area contributed by atoms with Crippen LogP contribution in [0.1, 0.15) is 13.3 Å². The molecule has 1 aromatic carbocycles. The molecule has 0 aliphatic rings. The molecule has 0 atom stereocenters. The quantitative estimate of drug-likeness (QED) is 0.614. The molecule has 0 saturated carbocycles. The van der Waals surface area contributed by atoms with Crippen molar-refractivity contribution in [1.29, 1.82) is 0 Å². The summed E-state index contributed by atoms with van der Waals surface area (Å²) >= 11 is 0. The van der Waals surface area contributed by atoms with Crippen LogP contribution in [0.4, 0.5) is 0 Å². The van der Waals surface area contributed by atoms with Gasteiger partial charge in [0.15, 0.2) is 0 Å². The minimum Gasteiger partial charge on any atom is -0.550 e. The highest BCUT2D eigenvalue weighted by Gasteiger charge is 2.13. The minimum atomic E-state index is -3.50. The summed E-state index contributed by atoms with van der Waals surface area (Å²) in [6.07, 6.45) is 1.76. The van der Waals surface area contributed by atoms with E-state index in [1.54, 1.807) is 24.4 Å². The number of aromatic amines is 2. The van der Waals surface area contributed by atoms with E-state index in [-0.39, 0.29) is 16.9 Å². The molecule has 0 saturated heterocycles. The van der Waals surface area contributed by atoms with Crippen LogP contribution in [0.3, 0.4) is 0 Å². The molecule has 0 spiro atoms. The van der Waals surface area contributed by atoms with Gasteiger partial charge in [-0.1, -0.05) is 6.92 Å². The zero-order chi connectivity index (χ0) is 17.9. The first-order valence-corrected chi connectivity index (χ1v) is 8.55. The molecule has 3 aromatic rings. The number of hydrogen-bond acceptors (Lipinski definition) is 5. The van der Waals surface area contributed by atoms with Crippen LogP contribution in [-0.2, 0) is 14.8 Å². The van der Waals surface area contributed by atoms with Gasteiger partial charge in [-0.05, 0) is 37.7 Å². The monoisotopic (exact) mass is 350 g/mol. The molecule has 128 valence electrons.